The molecule has 1 unspecified atom stereocenters. The summed E-state index contributed by atoms with van der Waals surface area (Å²) in [6.07, 6.45) is 6.34. The first-order chi connectivity index (χ1) is 17.2. The highest BCUT2D eigenvalue weighted by Gasteiger charge is 2.22. The minimum atomic E-state index is -0.175. The molecule has 2 aromatic heterocycles. The van der Waals surface area contributed by atoms with Gasteiger partial charge in [-0.05, 0) is 83.3 Å². The summed E-state index contributed by atoms with van der Waals surface area (Å²) in [5.74, 6) is 1.51. The average molecular weight is 471 g/mol. The summed E-state index contributed by atoms with van der Waals surface area (Å²) in [7, 11) is 3.27. The Bertz CT molecular complexity index is 1340. The van der Waals surface area contributed by atoms with Crippen LogP contribution < -0.4 is 14.8 Å². The van der Waals surface area contributed by atoms with E-state index in [-0.39, 0.29) is 11.8 Å². The molecule has 0 saturated heterocycles. The fourth-order valence-corrected chi connectivity index (χ4v) is 4.60. The van der Waals surface area contributed by atoms with Crippen molar-refractivity contribution in [2.45, 2.75) is 25.2 Å². The van der Waals surface area contributed by atoms with Crippen molar-refractivity contribution < 1.29 is 14.3 Å². The molecule has 1 aliphatic carbocycles. The molecule has 0 fully saturated rings. The van der Waals surface area contributed by atoms with Gasteiger partial charge in [-0.1, -0.05) is 6.07 Å². The maximum absolute atomic E-state index is 13.3. The van der Waals surface area contributed by atoms with Crippen LogP contribution in [0, 0.1) is 0 Å². The quantitative estimate of drug-likeness (QED) is 0.440. The average Bonchev–Trinajstić information content (AvgIpc) is 3.46. The summed E-state index contributed by atoms with van der Waals surface area (Å²) >= 11 is 0. The smallest absolute Gasteiger partial charge is 0.251 e. The zero-order valence-corrected chi connectivity index (χ0v) is 19.6. The van der Waals surface area contributed by atoms with Crippen LogP contribution in [0.4, 0.5) is 0 Å². The number of benzene rings is 2. The molecular weight excluding hydrogens is 444 g/mol. The standard InChI is InChI=1S/C26H26N6O3/c1-34-22-9-8-17-5-3-6-18(23(17)14-22)15-28-26(33)20-11-19(25-24(35-2)7-4-10-27-25)12-21(13-20)32-16-29-30-31-32/h4,7-14,16,18H,3,5-6,15H2,1-2H3,(H,28,33). The number of methoxy groups -OCH3 is 2. The number of rotatable bonds is 7. The Kier molecular flexibility index (Phi) is 6.38. The normalized spacial score (nSPS) is 14.7. The summed E-state index contributed by atoms with van der Waals surface area (Å²) in [5, 5.41) is 14.6. The van der Waals surface area contributed by atoms with Gasteiger partial charge in [0.1, 0.15) is 23.5 Å². The van der Waals surface area contributed by atoms with E-state index in [0.29, 0.717) is 29.2 Å². The van der Waals surface area contributed by atoms with Crippen molar-refractivity contribution >= 4 is 5.91 Å². The van der Waals surface area contributed by atoms with Crippen LogP contribution in [-0.4, -0.2) is 51.9 Å². The van der Waals surface area contributed by atoms with Gasteiger partial charge >= 0.3 is 0 Å². The van der Waals surface area contributed by atoms with Crippen molar-refractivity contribution in [3.63, 3.8) is 0 Å². The highest BCUT2D eigenvalue weighted by Crippen LogP contribution is 2.34. The third-order valence-corrected chi connectivity index (χ3v) is 6.36. The number of tetrazole rings is 1. The first-order valence-corrected chi connectivity index (χ1v) is 11.5. The molecule has 5 rings (SSSR count). The van der Waals surface area contributed by atoms with E-state index in [0.717, 1.165) is 30.6 Å². The number of aromatic nitrogens is 5. The zero-order chi connectivity index (χ0) is 24.2. The van der Waals surface area contributed by atoms with E-state index in [1.807, 2.05) is 24.3 Å². The molecule has 2 heterocycles. The van der Waals surface area contributed by atoms with Crippen LogP contribution in [0.1, 0.15) is 40.2 Å². The van der Waals surface area contributed by atoms with E-state index in [9.17, 15) is 4.79 Å². The molecule has 2 aromatic carbocycles. The predicted octanol–water partition coefficient (Wildman–Crippen LogP) is 3.59. The molecule has 0 bridgehead atoms. The van der Waals surface area contributed by atoms with Gasteiger partial charge in [-0.25, -0.2) is 4.68 Å². The lowest BCUT2D eigenvalue weighted by Crippen LogP contribution is -2.30. The number of nitrogens with one attached hydrogen (secondary N) is 1. The van der Waals surface area contributed by atoms with Crippen LogP contribution in [0.2, 0.25) is 0 Å². The van der Waals surface area contributed by atoms with Crippen LogP contribution in [0.15, 0.2) is 61.1 Å². The van der Waals surface area contributed by atoms with Gasteiger partial charge in [-0.15, -0.1) is 5.10 Å². The van der Waals surface area contributed by atoms with Crippen LogP contribution >= 0.6 is 0 Å². The number of hydrogen-bond acceptors (Lipinski definition) is 7. The lowest BCUT2D eigenvalue weighted by molar-refractivity contribution is 0.0950. The molecule has 35 heavy (non-hydrogen) atoms. The van der Waals surface area contributed by atoms with Crippen LogP contribution in [-0.2, 0) is 6.42 Å². The zero-order valence-electron chi connectivity index (χ0n) is 19.6. The highest BCUT2D eigenvalue weighted by atomic mass is 16.5. The molecule has 178 valence electrons. The molecule has 0 saturated carbocycles. The number of aryl methyl sites for hydroxylation is 1. The molecule has 9 heteroatoms. The first kappa shape index (κ1) is 22.5. The molecule has 4 aromatic rings. The van der Waals surface area contributed by atoms with Gasteiger partial charge in [0, 0.05) is 29.8 Å². The summed E-state index contributed by atoms with van der Waals surface area (Å²) in [6, 6.07) is 15.3. The second-order valence-electron chi connectivity index (χ2n) is 8.44. The number of fused-ring (bicyclic) bond motifs is 1. The number of carbonyl (C=O) groups excluding carboxylic acids is 1. The highest BCUT2D eigenvalue weighted by molar-refractivity contribution is 5.96. The third kappa shape index (κ3) is 4.70. The predicted molar refractivity (Wildman–Crippen MR) is 130 cm³/mol. The van der Waals surface area contributed by atoms with Gasteiger partial charge in [0.15, 0.2) is 0 Å². The Balaban J connectivity index is 1.44. The van der Waals surface area contributed by atoms with E-state index in [4.69, 9.17) is 9.47 Å². The lowest BCUT2D eigenvalue weighted by atomic mass is 9.82. The third-order valence-electron chi connectivity index (χ3n) is 6.36. The van der Waals surface area contributed by atoms with Gasteiger partial charge in [0.25, 0.3) is 5.91 Å². The van der Waals surface area contributed by atoms with E-state index in [1.165, 1.54) is 22.1 Å². The minimum Gasteiger partial charge on any atom is -0.497 e. The van der Waals surface area contributed by atoms with E-state index in [1.54, 1.807) is 32.5 Å². The van der Waals surface area contributed by atoms with Gasteiger partial charge in [-0.3, -0.25) is 9.78 Å². The van der Waals surface area contributed by atoms with Crippen molar-refractivity contribution in [1.29, 1.82) is 0 Å². The molecule has 9 nitrogen and oxygen atoms in total. The molecular formula is C26H26N6O3. The van der Waals surface area contributed by atoms with Crippen molar-refractivity contribution in [1.82, 2.24) is 30.5 Å². The lowest BCUT2D eigenvalue weighted by Gasteiger charge is -2.26. The van der Waals surface area contributed by atoms with Crippen LogP contribution in [0.3, 0.4) is 0 Å². The summed E-state index contributed by atoms with van der Waals surface area (Å²) in [4.78, 5) is 17.8. The van der Waals surface area contributed by atoms with Gasteiger partial charge < -0.3 is 14.8 Å². The Morgan fingerprint density at radius 3 is 2.86 bits per heavy atom. The number of carbonyl (C=O) groups is 1. The Labute approximate surface area is 203 Å². The summed E-state index contributed by atoms with van der Waals surface area (Å²) < 4.78 is 12.4. The van der Waals surface area contributed by atoms with E-state index >= 15 is 0 Å². The molecule has 1 atom stereocenters. The SMILES string of the molecule is COc1ccc2c(c1)C(CNC(=O)c1cc(-c3ncccc3OC)cc(-n3cnnn3)c1)CCC2. The van der Waals surface area contributed by atoms with Crippen molar-refractivity contribution in [2.75, 3.05) is 20.8 Å². The van der Waals surface area contributed by atoms with Gasteiger partial charge in [-0.2, -0.15) is 0 Å². The van der Waals surface area contributed by atoms with Crippen LogP contribution in [0.5, 0.6) is 11.5 Å². The Morgan fingerprint density at radius 2 is 2.06 bits per heavy atom. The molecule has 1 aliphatic rings. The largest absolute Gasteiger partial charge is 0.497 e. The number of ether oxygens (including phenoxy) is 2. The Hall–Kier alpha value is -4.27. The maximum Gasteiger partial charge on any atom is 0.251 e. The maximum atomic E-state index is 13.3. The van der Waals surface area contributed by atoms with Crippen molar-refractivity contribution in [3.8, 4) is 28.4 Å². The van der Waals surface area contributed by atoms with Gasteiger partial charge in [0.2, 0.25) is 0 Å². The first-order valence-electron chi connectivity index (χ1n) is 11.5. The molecule has 0 aliphatic heterocycles. The topological polar surface area (TPSA) is 104 Å². The molecule has 1 N–H and O–H groups in total. The molecule has 1 amide bonds. The number of pyridine rings is 1. The van der Waals surface area contributed by atoms with Crippen molar-refractivity contribution in [2.24, 2.45) is 0 Å². The minimum absolute atomic E-state index is 0.175. The van der Waals surface area contributed by atoms with E-state index < -0.39 is 0 Å². The number of amides is 1. The molecule has 0 radical (unpaired) electrons. The van der Waals surface area contributed by atoms with E-state index in [2.05, 4.69) is 38.0 Å². The van der Waals surface area contributed by atoms with Crippen molar-refractivity contribution in [3.05, 3.63) is 77.7 Å². The number of nitrogens with zero attached hydrogens (tertiary/aromatic N) is 5. The molecule has 0 spiro atoms. The fourth-order valence-electron chi connectivity index (χ4n) is 4.60. The summed E-state index contributed by atoms with van der Waals surface area (Å²) in [6.45, 7) is 0.538. The monoisotopic (exact) mass is 470 g/mol. The second kappa shape index (κ2) is 9.92. The number of hydrogen-bond donors (Lipinski definition) is 1. The Morgan fingerprint density at radius 1 is 1.14 bits per heavy atom. The van der Waals surface area contributed by atoms with Gasteiger partial charge in [0.05, 0.1) is 19.9 Å². The second-order valence-corrected chi connectivity index (χ2v) is 8.44. The fraction of sp³-hybridized carbons (Fsp3) is 0.269. The van der Waals surface area contributed by atoms with Crippen LogP contribution in [0.25, 0.3) is 16.9 Å². The summed E-state index contributed by atoms with van der Waals surface area (Å²) in [5.41, 5.74) is 5.07.